The van der Waals surface area contributed by atoms with Crippen LogP contribution in [0.2, 0.25) is 0 Å². The number of rotatable bonds is 5. The number of nitrogens with one attached hydrogen (secondary N) is 1. The van der Waals surface area contributed by atoms with E-state index in [4.69, 9.17) is 10.5 Å². The van der Waals surface area contributed by atoms with E-state index < -0.39 is 0 Å². The molecule has 5 nitrogen and oxygen atoms in total. The first-order chi connectivity index (χ1) is 12.1. The van der Waals surface area contributed by atoms with Crippen molar-refractivity contribution >= 4 is 23.1 Å². The second-order valence-corrected chi connectivity index (χ2v) is 6.09. The number of benzene rings is 2. The van der Waals surface area contributed by atoms with E-state index in [0.717, 1.165) is 22.7 Å². The van der Waals surface area contributed by atoms with Gasteiger partial charge in [0.25, 0.3) is 5.91 Å². The number of nitrogen functional groups attached to an aromatic ring is 1. The van der Waals surface area contributed by atoms with Crippen LogP contribution in [0.15, 0.2) is 48.5 Å². The van der Waals surface area contributed by atoms with Gasteiger partial charge in [0.15, 0.2) is 0 Å². The number of carbonyl (C=O) groups is 1. The molecular weight excluding hydrogens is 341 g/mol. The van der Waals surface area contributed by atoms with Crippen molar-refractivity contribution in [3.8, 4) is 17.0 Å². The van der Waals surface area contributed by atoms with Crippen LogP contribution in [0.1, 0.15) is 15.2 Å². The maximum atomic E-state index is 12.9. The molecule has 1 aromatic heterocycles. The molecule has 7 heteroatoms. The smallest absolute Gasteiger partial charge is 0.265 e. The molecule has 0 radical (unpaired) electrons. The molecule has 2 aromatic carbocycles. The second-order valence-electron chi connectivity index (χ2n) is 5.32. The Balaban J connectivity index is 1.75. The van der Waals surface area contributed by atoms with Crippen LogP contribution in [0.4, 0.5) is 10.1 Å². The van der Waals surface area contributed by atoms with Gasteiger partial charge in [-0.2, -0.15) is 4.37 Å². The number of carbonyl (C=O) groups excluding carboxylic acids is 1. The van der Waals surface area contributed by atoms with Crippen LogP contribution < -0.4 is 15.8 Å². The third-order valence-electron chi connectivity index (χ3n) is 3.64. The molecule has 25 heavy (non-hydrogen) atoms. The molecule has 0 atom stereocenters. The molecule has 3 N–H and O–H groups in total. The van der Waals surface area contributed by atoms with Gasteiger partial charge < -0.3 is 15.8 Å². The van der Waals surface area contributed by atoms with Crippen molar-refractivity contribution in [2.24, 2.45) is 0 Å². The summed E-state index contributed by atoms with van der Waals surface area (Å²) in [6.07, 6.45) is 0. The van der Waals surface area contributed by atoms with Crippen LogP contribution in [0.25, 0.3) is 11.3 Å². The quantitative estimate of drug-likeness (QED) is 0.733. The SMILES string of the molecule is COc1cccc(-c2nsc(C(=O)NCc3ccc(F)cc3)c2N)c1. The summed E-state index contributed by atoms with van der Waals surface area (Å²) >= 11 is 1.04. The fourth-order valence-electron chi connectivity index (χ4n) is 2.30. The van der Waals surface area contributed by atoms with Gasteiger partial charge in [0, 0.05) is 12.1 Å². The van der Waals surface area contributed by atoms with Crippen molar-refractivity contribution in [2.45, 2.75) is 6.54 Å². The molecule has 0 saturated heterocycles. The summed E-state index contributed by atoms with van der Waals surface area (Å²) in [4.78, 5) is 12.7. The molecule has 0 aliphatic carbocycles. The minimum absolute atomic E-state index is 0.283. The second kappa shape index (κ2) is 7.31. The number of amides is 1. The summed E-state index contributed by atoms with van der Waals surface area (Å²) in [5.41, 5.74) is 8.57. The van der Waals surface area contributed by atoms with Gasteiger partial charge in [-0.3, -0.25) is 4.79 Å². The highest BCUT2D eigenvalue weighted by Gasteiger charge is 2.18. The van der Waals surface area contributed by atoms with Gasteiger partial charge in [-0.15, -0.1) is 0 Å². The Kier molecular flexibility index (Phi) is 4.95. The highest BCUT2D eigenvalue weighted by atomic mass is 32.1. The Morgan fingerprint density at radius 3 is 2.76 bits per heavy atom. The number of hydrogen-bond acceptors (Lipinski definition) is 5. The Labute approximate surface area is 148 Å². The maximum Gasteiger partial charge on any atom is 0.265 e. The molecule has 0 aliphatic heterocycles. The summed E-state index contributed by atoms with van der Waals surface area (Å²) in [5, 5.41) is 2.77. The molecule has 0 unspecified atom stereocenters. The number of anilines is 1. The lowest BCUT2D eigenvalue weighted by Crippen LogP contribution is -2.22. The van der Waals surface area contributed by atoms with Crippen LogP contribution in [0.5, 0.6) is 5.75 Å². The standard InChI is InChI=1S/C18H16FN3O2S/c1-24-14-4-2-3-12(9-14)16-15(20)17(25-22-16)18(23)21-10-11-5-7-13(19)8-6-11/h2-9H,10,20H2,1H3,(H,21,23). The molecule has 128 valence electrons. The van der Waals surface area contributed by atoms with E-state index in [0.29, 0.717) is 22.0 Å². The van der Waals surface area contributed by atoms with Gasteiger partial charge in [-0.1, -0.05) is 24.3 Å². The molecule has 1 heterocycles. The van der Waals surface area contributed by atoms with Crippen molar-refractivity contribution in [3.63, 3.8) is 0 Å². The maximum absolute atomic E-state index is 12.9. The third-order valence-corrected chi connectivity index (χ3v) is 4.51. The van der Waals surface area contributed by atoms with Crippen molar-refractivity contribution in [3.05, 3.63) is 64.8 Å². The Morgan fingerprint density at radius 1 is 1.28 bits per heavy atom. The number of ether oxygens (including phenoxy) is 1. The highest BCUT2D eigenvalue weighted by molar-refractivity contribution is 7.09. The highest BCUT2D eigenvalue weighted by Crippen LogP contribution is 2.32. The molecule has 0 fully saturated rings. The van der Waals surface area contributed by atoms with Gasteiger partial charge in [0.1, 0.15) is 22.1 Å². The van der Waals surface area contributed by atoms with E-state index in [1.54, 1.807) is 19.2 Å². The predicted molar refractivity (Wildman–Crippen MR) is 96.1 cm³/mol. The van der Waals surface area contributed by atoms with Crippen LogP contribution in [0, 0.1) is 5.82 Å². The zero-order valence-corrected chi connectivity index (χ0v) is 14.3. The van der Waals surface area contributed by atoms with Crippen LogP contribution >= 0.6 is 11.5 Å². The molecule has 1 amide bonds. The fraction of sp³-hybridized carbons (Fsp3) is 0.111. The van der Waals surface area contributed by atoms with E-state index in [1.165, 1.54) is 12.1 Å². The van der Waals surface area contributed by atoms with Crippen molar-refractivity contribution in [1.82, 2.24) is 9.69 Å². The van der Waals surface area contributed by atoms with E-state index >= 15 is 0 Å². The Bertz CT molecular complexity index is 894. The molecule has 0 aliphatic rings. The van der Waals surface area contributed by atoms with Crippen LogP contribution in [-0.4, -0.2) is 17.4 Å². The first kappa shape index (κ1) is 16.9. The van der Waals surface area contributed by atoms with Gasteiger partial charge >= 0.3 is 0 Å². The third kappa shape index (κ3) is 3.77. The summed E-state index contributed by atoms with van der Waals surface area (Å²) in [7, 11) is 1.58. The van der Waals surface area contributed by atoms with Crippen molar-refractivity contribution < 1.29 is 13.9 Å². The van der Waals surface area contributed by atoms with Crippen LogP contribution in [0.3, 0.4) is 0 Å². The zero-order valence-electron chi connectivity index (χ0n) is 13.5. The van der Waals surface area contributed by atoms with E-state index in [2.05, 4.69) is 9.69 Å². The minimum Gasteiger partial charge on any atom is -0.497 e. The average Bonchev–Trinajstić information content (AvgIpc) is 3.02. The first-order valence-corrected chi connectivity index (χ1v) is 8.28. The summed E-state index contributed by atoms with van der Waals surface area (Å²) in [5.74, 6) is 0.0605. The van der Waals surface area contributed by atoms with Crippen molar-refractivity contribution in [2.75, 3.05) is 12.8 Å². The normalized spacial score (nSPS) is 10.5. The summed E-state index contributed by atoms with van der Waals surface area (Å²) in [6, 6.07) is 13.3. The van der Waals surface area contributed by atoms with Gasteiger partial charge in [-0.05, 0) is 41.4 Å². The summed E-state index contributed by atoms with van der Waals surface area (Å²) < 4.78 is 22.4. The number of methoxy groups -OCH3 is 1. The average molecular weight is 357 g/mol. The molecule has 0 saturated carbocycles. The number of halogens is 1. The van der Waals surface area contributed by atoms with E-state index in [9.17, 15) is 9.18 Å². The van der Waals surface area contributed by atoms with E-state index in [1.807, 2.05) is 24.3 Å². The topological polar surface area (TPSA) is 77.2 Å². The lowest BCUT2D eigenvalue weighted by molar-refractivity contribution is 0.0956. The molecular formula is C18H16FN3O2S. The summed E-state index contributed by atoms with van der Waals surface area (Å²) in [6.45, 7) is 0.283. The number of aromatic nitrogens is 1. The lowest BCUT2D eigenvalue weighted by atomic mass is 10.1. The first-order valence-electron chi connectivity index (χ1n) is 7.50. The monoisotopic (exact) mass is 357 g/mol. The molecule has 3 rings (SSSR count). The predicted octanol–water partition coefficient (Wildman–Crippen LogP) is 3.47. The van der Waals surface area contributed by atoms with E-state index in [-0.39, 0.29) is 18.3 Å². The molecule has 3 aromatic rings. The number of hydrogen-bond donors (Lipinski definition) is 2. The van der Waals surface area contributed by atoms with Crippen molar-refractivity contribution in [1.29, 1.82) is 0 Å². The largest absolute Gasteiger partial charge is 0.497 e. The van der Waals surface area contributed by atoms with Crippen LogP contribution in [-0.2, 0) is 6.54 Å². The molecule has 0 spiro atoms. The Hall–Kier alpha value is -2.93. The van der Waals surface area contributed by atoms with Gasteiger partial charge in [-0.25, -0.2) is 4.39 Å². The minimum atomic E-state index is -0.315. The van der Waals surface area contributed by atoms with Gasteiger partial charge in [0.05, 0.1) is 12.8 Å². The zero-order chi connectivity index (χ0) is 17.8. The number of nitrogens with two attached hydrogens (primary N) is 1. The lowest BCUT2D eigenvalue weighted by Gasteiger charge is -2.05. The Morgan fingerprint density at radius 2 is 2.04 bits per heavy atom. The molecule has 0 bridgehead atoms. The van der Waals surface area contributed by atoms with Gasteiger partial charge in [0.2, 0.25) is 0 Å². The number of nitrogens with zero attached hydrogens (tertiary/aromatic N) is 1. The fourth-order valence-corrected chi connectivity index (χ4v) is 3.04.